The molecule has 1 saturated heterocycles. The second-order valence-corrected chi connectivity index (χ2v) is 6.52. The summed E-state index contributed by atoms with van der Waals surface area (Å²) in [7, 11) is 2.82. The minimum atomic E-state index is -1.61. The summed E-state index contributed by atoms with van der Waals surface area (Å²) in [5.74, 6) is -3.26. The predicted molar refractivity (Wildman–Crippen MR) is 88.6 cm³/mol. The Balaban J connectivity index is 2.85. The molecule has 0 unspecified atom stereocenters. The van der Waals surface area contributed by atoms with Gasteiger partial charge in [0.15, 0.2) is 11.5 Å². The van der Waals surface area contributed by atoms with Gasteiger partial charge in [-0.25, -0.2) is 0 Å². The quantitative estimate of drug-likeness (QED) is 0.643. The van der Waals surface area contributed by atoms with Gasteiger partial charge in [-0.2, -0.15) is 0 Å². The van der Waals surface area contributed by atoms with E-state index in [1.54, 1.807) is 13.8 Å². The number of ether oxygens (including phenoxy) is 4. The Morgan fingerprint density at radius 1 is 1.08 bits per heavy atom. The van der Waals surface area contributed by atoms with Crippen LogP contribution < -0.4 is 9.47 Å². The molecule has 1 aliphatic heterocycles. The van der Waals surface area contributed by atoms with Crippen LogP contribution in [0, 0.1) is 5.92 Å². The van der Waals surface area contributed by atoms with Gasteiger partial charge >= 0.3 is 11.9 Å². The molecule has 0 spiro atoms. The first-order valence-corrected chi connectivity index (χ1v) is 8.09. The molecule has 7 heteroatoms. The van der Waals surface area contributed by atoms with Crippen molar-refractivity contribution >= 4 is 11.9 Å². The zero-order valence-electron chi connectivity index (χ0n) is 15.3. The maximum Gasteiger partial charge on any atom is 0.320 e. The van der Waals surface area contributed by atoms with Crippen molar-refractivity contribution in [2.45, 2.75) is 45.8 Å². The van der Waals surface area contributed by atoms with E-state index in [-0.39, 0.29) is 29.1 Å². The zero-order valence-corrected chi connectivity index (χ0v) is 15.3. The number of methoxy groups -OCH3 is 2. The van der Waals surface area contributed by atoms with Crippen LogP contribution in [0.5, 0.6) is 17.2 Å². The van der Waals surface area contributed by atoms with E-state index in [1.807, 2.05) is 13.8 Å². The van der Waals surface area contributed by atoms with Gasteiger partial charge in [-0.1, -0.05) is 27.7 Å². The van der Waals surface area contributed by atoms with Crippen molar-refractivity contribution in [1.29, 1.82) is 0 Å². The molecule has 0 aromatic heterocycles. The van der Waals surface area contributed by atoms with Crippen LogP contribution in [0.25, 0.3) is 0 Å². The highest BCUT2D eigenvalue weighted by molar-refractivity contribution is 5.93. The number of hydrogen-bond donors (Lipinski definition) is 1. The summed E-state index contributed by atoms with van der Waals surface area (Å²) in [6.45, 7) is 7.35. The molecule has 1 fully saturated rings. The van der Waals surface area contributed by atoms with Gasteiger partial charge in [0, 0.05) is 17.0 Å². The number of phenolic OH excluding ortho intramolecular Hbond substituents is 1. The molecule has 0 aliphatic carbocycles. The molecule has 1 aromatic rings. The fourth-order valence-corrected chi connectivity index (χ4v) is 3.07. The molecule has 1 N–H and O–H groups in total. The number of phenols is 1. The maximum absolute atomic E-state index is 12.0. The van der Waals surface area contributed by atoms with Gasteiger partial charge < -0.3 is 24.1 Å². The number of carbonyl (C=O) groups excluding carboxylic acids is 2. The monoisotopic (exact) mass is 352 g/mol. The third-order valence-corrected chi connectivity index (χ3v) is 4.22. The highest BCUT2D eigenvalue weighted by Gasteiger charge is 2.50. The lowest BCUT2D eigenvalue weighted by Crippen LogP contribution is -2.47. The highest BCUT2D eigenvalue weighted by Crippen LogP contribution is 2.50. The van der Waals surface area contributed by atoms with Crippen molar-refractivity contribution in [3.8, 4) is 17.2 Å². The summed E-state index contributed by atoms with van der Waals surface area (Å²) in [5, 5.41) is 10.4. The Labute approximate surface area is 146 Å². The number of cyclic esters (lactones) is 2. The molecule has 0 bridgehead atoms. The zero-order chi connectivity index (χ0) is 18.9. The average molecular weight is 352 g/mol. The summed E-state index contributed by atoms with van der Waals surface area (Å²) < 4.78 is 21.7. The van der Waals surface area contributed by atoms with Crippen molar-refractivity contribution in [3.05, 3.63) is 17.2 Å². The van der Waals surface area contributed by atoms with Crippen LogP contribution >= 0.6 is 0 Å². The lowest BCUT2D eigenvalue weighted by atomic mass is 9.84. The average Bonchev–Trinajstić information content (AvgIpc) is 2.52. The number of rotatable bonds is 5. The fourth-order valence-electron chi connectivity index (χ4n) is 3.07. The molecule has 2 rings (SSSR count). The smallest absolute Gasteiger partial charge is 0.320 e. The van der Waals surface area contributed by atoms with E-state index in [2.05, 4.69) is 0 Å². The van der Waals surface area contributed by atoms with E-state index in [0.29, 0.717) is 11.1 Å². The van der Waals surface area contributed by atoms with Gasteiger partial charge in [-0.3, -0.25) is 9.59 Å². The molecular weight excluding hydrogens is 328 g/mol. The van der Waals surface area contributed by atoms with Crippen molar-refractivity contribution in [2.24, 2.45) is 5.92 Å². The van der Waals surface area contributed by atoms with Crippen molar-refractivity contribution in [1.82, 2.24) is 0 Å². The van der Waals surface area contributed by atoms with Gasteiger partial charge in [-0.15, -0.1) is 0 Å². The molecule has 1 aromatic carbocycles. The Bertz CT molecular complexity index is 675. The molecule has 25 heavy (non-hydrogen) atoms. The van der Waals surface area contributed by atoms with E-state index in [1.165, 1.54) is 20.3 Å². The first-order chi connectivity index (χ1) is 11.7. The number of hydrogen-bond acceptors (Lipinski definition) is 7. The highest BCUT2D eigenvalue weighted by atomic mass is 16.7. The van der Waals surface area contributed by atoms with E-state index in [9.17, 15) is 14.7 Å². The lowest BCUT2D eigenvalue weighted by Gasteiger charge is -2.40. The Hall–Kier alpha value is -2.44. The SMILES string of the molecule is COc1cc(C2(C(C)C)OC(=O)CC(=O)O2)c(C(C)C)c(OC)c1O. The van der Waals surface area contributed by atoms with Crippen LogP contribution in [0.4, 0.5) is 0 Å². The molecule has 7 nitrogen and oxygen atoms in total. The van der Waals surface area contributed by atoms with Crippen molar-refractivity contribution < 1.29 is 33.6 Å². The first-order valence-electron chi connectivity index (χ1n) is 8.09. The minimum Gasteiger partial charge on any atom is -0.502 e. The first kappa shape index (κ1) is 18.9. The molecule has 138 valence electrons. The summed E-state index contributed by atoms with van der Waals surface area (Å²) in [5.41, 5.74) is 1.00. The second-order valence-electron chi connectivity index (χ2n) is 6.52. The van der Waals surface area contributed by atoms with Crippen LogP contribution in [-0.2, 0) is 24.8 Å². The maximum atomic E-state index is 12.0. The summed E-state index contributed by atoms with van der Waals surface area (Å²) in [6, 6.07) is 1.53. The molecule has 1 heterocycles. The Kier molecular flexibility index (Phi) is 5.15. The van der Waals surface area contributed by atoms with Crippen LogP contribution in [0.15, 0.2) is 6.07 Å². The van der Waals surface area contributed by atoms with Gasteiger partial charge in [0.05, 0.1) is 14.2 Å². The van der Waals surface area contributed by atoms with Crippen LogP contribution in [0.2, 0.25) is 0 Å². The number of aromatic hydroxyl groups is 1. The third kappa shape index (κ3) is 3.10. The molecule has 0 saturated carbocycles. The van der Waals surface area contributed by atoms with E-state index in [4.69, 9.17) is 18.9 Å². The van der Waals surface area contributed by atoms with Gasteiger partial charge in [0.2, 0.25) is 5.75 Å². The molecule has 1 aliphatic rings. The minimum absolute atomic E-state index is 0.114. The third-order valence-electron chi connectivity index (χ3n) is 4.22. The summed E-state index contributed by atoms with van der Waals surface area (Å²) in [4.78, 5) is 24.0. The standard InChI is InChI=1S/C18H24O7/c1-9(2)15-11(7-12(22-5)16(21)17(15)23-6)18(10(3)4)24-13(19)8-14(20)25-18/h7,9-10,21H,8H2,1-6H3. The number of benzene rings is 1. The topological polar surface area (TPSA) is 91.3 Å². The van der Waals surface area contributed by atoms with Crippen molar-refractivity contribution in [2.75, 3.05) is 14.2 Å². The largest absolute Gasteiger partial charge is 0.502 e. The van der Waals surface area contributed by atoms with Crippen molar-refractivity contribution in [3.63, 3.8) is 0 Å². The van der Waals surface area contributed by atoms with E-state index < -0.39 is 24.1 Å². The van der Waals surface area contributed by atoms with Crippen LogP contribution in [0.3, 0.4) is 0 Å². The van der Waals surface area contributed by atoms with E-state index >= 15 is 0 Å². The van der Waals surface area contributed by atoms with E-state index in [0.717, 1.165) is 0 Å². The molecule has 0 radical (unpaired) electrons. The predicted octanol–water partition coefficient (Wildman–Crippen LogP) is 2.83. The number of carbonyl (C=O) groups is 2. The molecule has 0 atom stereocenters. The lowest BCUT2D eigenvalue weighted by molar-refractivity contribution is -0.266. The van der Waals surface area contributed by atoms with Crippen LogP contribution in [0.1, 0.15) is 51.2 Å². The fraction of sp³-hybridized carbons (Fsp3) is 0.556. The molecular formula is C18H24O7. The van der Waals surface area contributed by atoms with Gasteiger partial charge in [0.25, 0.3) is 5.79 Å². The Morgan fingerprint density at radius 3 is 2.04 bits per heavy atom. The summed E-state index contributed by atoms with van der Waals surface area (Å²) in [6.07, 6.45) is -0.433. The second kappa shape index (κ2) is 6.82. The van der Waals surface area contributed by atoms with Crippen LogP contribution in [-0.4, -0.2) is 31.3 Å². The van der Waals surface area contributed by atoms with Gasteiger partial charge in [-0.05, 0) is 12.0 Å². The number of esters is 2. The summed E-state index contributed by atoms with van der Waals surface area (Å²) >= 11 is 0. The Morgan fingerprint density at radius 2 is 1.64 bits per heavy atom. The normalized spacial score (nSPS) is 16.6. The molecule has 0 amide bonds. The van der Waals surface area contributed by atoms with Gasteiger partial charge in [0.1, 0.15) is 6.42 Å².